The molecule has 1 amide bonds. The summed E-state index contributed by atoms with van der Waals surface area (Å²) in [6.45, 7) is 31.3. The first kappa shape index (κ1) is 44.1. The van der Waals surface area contributed by atoms with E-state index in [4.69, 9.17) is 17.3 Å². The van der Waals surface area contributed by atoms with Crippen molar-refractivity contribution in [2.75, 3.05) is 33.5 Å². The SMILES string of the molecule is COCCOCCOC(=O)C(CC(C)(C)C(C)(C)C(CC(C)(C)C)C(=O)OI)C(C)(C)CC(C)(C)C(C(=O)NC1CCC1)C(C)(C)C. The van der Waals surface area contributed by atoms with Crippen LogP contribution < -0.4 is 5.32 Å². The molecular formula is C38H70INO7. The van der Waals surface area contributed by atoms with E-state index in [9.17, 15) is 14.4 Å². The van der Waals surface area contributed by atoms with E-state index in [2.05, 4.69) is 102 Å². The van der Waals surface area contributed by atoms with Gasteiger partial charge in [0.2, 0.25) is 5.91 Å². The molecule has 1 aliphatic rings. The van der Waals surface area contributed by atoms with Gasteiger partial charge in [0.1, 0.15) is 6.61 Å². The van der Waals surface area contributed by atoms with E-state index in [0.717, 1.165) is 19.3 Å². The van der Waals surface area contributed by atoms with Crippen LogP contribution in [0.4, 0.5) is 0 Å². The van der Waals surface area contributed by atoms with Crippen LogP contribution in [0.2, 0.25) is 0 Å². The minimum absolute atomic E-state index is 0.0964. The van der Waals surface area contributed by atoms with Crippen LogP contribution in [0.1, 0.15) is 135 Å². The summed E-state index contributed by atoms with van der Waals surface area (Å²) in [5.74, 6) is -1.56. The third kappa shape index (κ3) is 13.0. The van der Waals surface area contributed by atoms with Gasteiger partial charge in [0.15, 0.2) is 23.0 Å². The zero-order valence-corrected chi connectivity index (χ0v) is 34.8. The van der Waals surface area contributed by atoms with Gasteiger partial charge in [-0.3, -0.25) is 14.4 Å². The smallest absolute Gasteiger partial charge is 0.318 e. The van der Waals surface area contributed by atoms with E-state index in [1.54, 1.807) is 30.1 Å². The molecular weight excluding hydrogens is 709 g/mol. The lowest BCUT2D eigenvalue weighted by atomic mass is 9.52. The van der Waals surface area contributed by atoms with Gasteiger partial charge in [0.05, 0.1) is 31.7 Å². The number of carbonyl (C=O) groups is 3. The van der Waals surface area contributed by atoms with Crippen LogP contribution in [0.5, 0.6) is 0 Å². The predicted molar refractivity (Wildman–Crippen MR) is 198 cm³/mol. The van der Waals surface area contributed by atoms with Crippen LogP contribution in [0.3, 0.4) is 0 Å². The molecule has 0 radical (unpaired) electrons. The Morgan fingerprint density at radius 1 is 0.745 bits per heavy atom. The Labute approximate surface area is 302 Å². The van der Waals surface area contributed by atoms with E-state index < -0.39 is 27.6 Å². The normalized spacial score (nSPS) is 17.4. The van der Waals surface area contributed by atoms with Crippen molar-refractivity contribution in [3.05, 3.63) is 0 Å². The van der Waals surface area contributed by atoms with Crippen LogP contribution in [0.25, 0.3) is 0 Å². The van der Waals surface area contributed by atoms with Crippen molar-refractivity contribution >= 4 is 40.9 Å². The fourth-order valence-electron chi connectivity index (χ4n) is 7.93. The first-order valence-corrected chi connectivity index (χ1v) is 18.5. The van der Waals surface area contributed by atoms with E-state index in [-0.39, 0.29) is 59.8 Å². The second-order valence-corrected chi connectivity index (χ2v) is 19.4. The number of nitrogens with one attached hydrogen (secondary N) is 1. The standard InChI is InChI=1S/C38H70INO7/c1-33(2,3)23-28(32(43)47-39)38(13,14)37(11,12)24-27(31(42)46-22-21-45-20-19-44-15)35(7,8)25-36(9,10)29(34(4,5)6)30(41)40-26-17-16-18-26/h26-29H,16-25H2,1-15H3,(H,40,41). The van der Waals surface area contributed by atoms with Crippen molar-refractivity contribution in [3.63, 3.8) is 0 Å². The second-order valence-electron chi connectivity index (χ2n) is 18.9. The van der Waals surface area contributed by atoms with Crippen molar-refractivity contribution in [1.29, 1.82) is 0 Å². The molecule has 0 aromatic rings. The minimum atomic E-state index is -0.547. The van der Waals surface area contributed by atoms with E-state index in [1.807, 2.05) is 0 Å². The fourth-order valence-corrected chi connectivity index (χ4v) is 8.23. The van der Waals surface area contributed by atoms with Gasteiger partial charge in [-0.15, -0.1) is 0 Å². The summed E-state index contributed by atoms with van der Waals surface area (Å²) in [6.07, 6.45) is 4.99. The molecule has 0 aromatic heterocycles. The molecule has 276 valence electrons. The number of amides is 1. The fraction of sp³-hybridized carbons (Fsp3) is 0.921. The number of methoxy groups -OCH3 is 1. The highest BCUT2D eigenvalue weighted by molar-refractivity contribution is 14.1. The molecule has 0 heterocycles. The molecule has 3 atom stereocenters. The van der Waals surface area contributed by atoms with Gasteiger partial charge in [-0.25, -0.2) is 0 Å². The Hall–Kier alpha value is -0.940. The molecule has 0 spiro atoms. The maximum absolute atomic E-state index is 14.2. The Morgan fingerprint density at radius 2 is 1.30 bits per heavy atom. The molecule has 0 saturated heterocycles. The summed E-state index contributed by atoms with van der Waals surface area (Å²) in [6, 6.07) is 0.253. The highest BCUT2D eigenvalue weighted by Crippen LogP contribution is 2.56. The monoisotopic (exact) mass is 779 g/mol. The predicted octanol–water partition coefficient (Wildman–Crippen LogP) is 8.97. The molecule has 0 bridgehead atoms. The second kappa shape index (κ2) is 17.3. The summed E-state index contributed by atoms with van der Waals surface area (Å²) in [4.78, 5) is 41.3. The van der Waals surface area contributed by atoms with Gasteiger partial charge in [-0.1, -0.05) is 96.9 Å². The van der Waals surface area contributed by atoms with E-state index >= 15 is 0 Å². The zero-order valence-electron chi connectivity index (χ0n) is 32.6. The van der Waals surface area contributed by atoms with Gasteiger partial charge in [-0.2, -0.15) is 0 Å². The van der Waals surface area contributed by atoms with Gasteiger partial charge >= 0.3 is 11.9 Å². The summed E-state index contributed by atoms with van der Waals surface area (Å²) >= 11 is 1.69. The molecule has 0 aromatic carbocycles. The van der Waals surface area contributed by atoms with Crippen LogP contribution in [0.15, 0.2) is 0 Å². The summed E-state index contributed by atoms with van der Waals surface area (Å²) in [5.41, 5.74) is -2.36. The van der Waals surface area contributed by atoms with Gasteiger partial charge < -0.3 is 22.6 Å². The maximum Gasteiger partial charge on any atom is 0.318 e. The molecule has 1 aliphatic carbocycles. The van der Waals surface area contributed by atoms with Gasteiger partial charge in [-0.05, 0) is 71.0 Å². The Kier molecular flexibility index (Phi) is 16.2. The molecule has 47 heavy (non-hydrogen) atoms. The average Bonchev–Trinajstić information content (AvgIpc) is 2.87. The molecule has 0 aliphatic heterocycles. The Balaban J connectivity index is 3.53. The van der Waals surface area contributed by atoms with Crippen molar-refractivity contribution < 1.29 is 31.7 Å². The van der Waals surface area contributed by atoms with E-state index in [1.165, 1.54) is 0 Å². The third-order valence-electron chi connectivity index (χ3n) is 10.9. The van der Waals surface area contributed by atoms with Gasteiger partial charge in [0, 0.05) is 19.1 Å². The number of hydrogen-bond donors (Lipinski definition) is 1. The summed E-state index contributed by atoms with van der Waals surface area (Å²) in [7, 11) is 1.62. The largest absolute Gasteiger partial charge is 0.463 e. The van der Waals surface area contributed by atoms with Crippen LogP contribution >= 0.6 is 23.0 Å². The van der Waals surface area contributed by atoms with Crippen LogP contribution in [-0.2, 0) is 31.7 Å². The summed E-state index contributed by atoms with van der Waals surface area (Å²) < 4.78 is 21.9. The number of esters is 1. The number of rotatable bonds is 19. The third-order valence-corrected chi connectivity index (χ3v) is 11.3. The maximum atomic E-state index is 14.2. The quantitative estimate of drug-likeness (QED) is 0.0794. The highest BCUT2D eigenvalue weighted by atomic mass is 127. The molecule has 3 unspecified atom stereocenters. The number of carbonyl (C=O) groups excluding carboxylic acids is 3. The lowest BCUT2D eigenvalue weighted by molar-refractivity contribution is -0.160. The van der Waals surface area contributed by atoms with Crippen molar-refractivity contribution in [2.24, 2.45) is 50.2 Å². The topological polar surface area (TPSA) is 100 Å². The van der Waals surface area contributed by atoms with Crippen molar-refractivity contribution in [1.82, 2.24) is 5.32 Å². The molecule has 1 rings (SSSR count). The van der Waals surface area contributed by atoms with Crippen molar-refractivity contribution in [3.8, 4) is 0 Å². The number of hydrogen-bond acceptors (Lipinski definition) is 7. The van der Waals surface area contributed by atoms with Gasteiger partial charge in [0.25, 0.3) is 0 Å². The lowest BCUT2D eigenvalue weighted by Gasteiger charge is -2.51. The Bertz CT molecular complexity index is 1020. The minimum Gasteiger partial charge on any atom is -0.463 e. The molecule has 1 fully saturated rings. The van der Waals surface area contributed by atoms with Crippen molar-refractivity contribution in [2.45, 2.75) is 141 Å². The summed E-state index contributed by atoms with van der Waals surface area (Å²) in [5, 5.41) is 3.32. The Morgan fingerprint density at radius 3 is 1.74 bits per heavy atom. The molecule has 1 N–H and O–H groups in total. The lowest BCUT2D eigenvalue weighted by Crippen LogP contribution is -2.52. The highest BCUT2D eigenvalue weighted by Gasteiger charge is 2.53. The number of halogens is 1. The van der Waals surface area contributed by atoms with Crippen LogP contribution in [0, 0.1) is 50.2 Å². The van der Waals surface area contributed by atoms with E-state index in [0.29, 0.717) is 32.5 Å². The first-order valence-electron chi connectivity index (χ1n) is 17.6. The molecule has 1 saturated carbocycles. The first-order chi connectivity index (χ1) is 21.2. The number of ether oxygens (including phenoxy) is 3. The molecule has 8 nitrogen and oxygen atoms in total. The zero-order chi connectivity index (χ0) is 36.6. The average molecular weight is 780 g/mol. The van der Waals surface area contributed by atoms with Crippen LogP contribution in [-0.4, -0.2) is 57.4 Å². The molecule has 9 heteroatoms.